The van der Waals surface area contributed by atoms with Crippen molar-refractivity contribution in [1.29, 1.82) is 0 Å². The van der Waals surface area contributed by atoms with E-state index in [1.807, 2.05) is 6.08 Å². The molecule has 14 nitrogen and oxygen atoms in total. The number of carbonyl (C=O) groups is 1. The number of amides is 1. The predicted molar refractivity (Wildman–Crippen MR) is 360 cm³/mol. The molecule has 88 heavy (non-hydrogen) atoms. The van der Waals surface area contributed by atoms with Gasteiger partial charge in [0.25, 0.3) is 0 Å². The van der Waals surface area contributed by atoms with E-state index in [1.54, 1.807) is 6.08 Å². The van der Waals surface area contributed by atoms with Crippen LogP contribution in [0.1, 0.15) is 309 Å². The fourth-order valence-corrected chi connectivity index (χ4v) is 11.8. The summed E-state index contributed by atoms with van der Waals surface area (Å²) < 4.78 is 22.8. The lowest BCUT2D eigenvalue weighted by Crippen LogP contribution is -2.65. The van der Waals surface area contributed by atoms with E-state index in [9.17, 15) is 45.6 Å². The van der Waals surface area contributed by atoms with Crippen molar-refractivity contribution in [2.24, 2.45) is 0 Å². The molecule has 0 aromatic rings. The summed E-state index contributed by atoms with van der Waals surface area (Å²) in [7, 11) is 0. The van der Waals surface area contributed by atoms with Crippen molar-refractivity contribution in [2.75, 3.05) is 19.8 Å². The van der Waals surface area contributed by atoms with Gasteiger partial charge in [-0.25, -0.2) is 0 Å². The third kappa shape index (κ3) is 42.0. The number of rotatable bonds is 60. The molecule has 2 heterocycles. The van der Waals surface area contributed by atoms with Crippen molar-refractivity contribution < 1.29 is 64.6 Å². The average molecular weight is 1250 g/mol. The van der Waals surface area contributed by atoms with Crippen LogP contribution in [0, 0.1) is 0 Å². The Hall–Kier alpha value is -2.31. The standard InChI is InChI=1S/C74H135NO13/c1-3-5-7-9-11-13-15-17-18-19-20-21-22-23-24-25-26-27-28-29-30-31-32-33-34-35-36-37-38-39-40-41-42-43-44-46-48-50-52-54-56-58-66(79)75-62(63(78)57-55-53-51-49-47-45-16-14-12-10-8-6-4-2)61-85-73-71(84)69(82)72(65(60-77)87-73)88-74-70(83)68(81)67(80)64(59-76)86-74/h12,14-15,17,19-20,47,49,55,57,62-65,67-74,76-78,80-84H,3-11,13,16,18,21-46,48,50-54,56,58-61H2,1-2H3,(H,75,79)/b14-12+,17-15-,20-19-,49-47+,57-55+. The predicted octanol–water partition coefficient (Wildman–Crippen LogP) is 15.2. The summed E-state index contributed by atoms with van der Waals surface area (Å²) in [6.07, 6.45) is 61.9. The molecular weight excluding hydrogens is 1110 g/mol. The Morgan fingerprint density at radius 1 is 0.409 bits per heavy atom. The first-order valence-corrected chi connectivity index (χ1v) is 36.5. The highest BCUT2D eigenvalue weighted by Gasteiger charge is 2.51. The summed E-state index contributed by atoms with van der Waals surface area (Å²) in [6, 6.07) is -0.937. The van der Waals surface area contributed by atoms with E-state index in [2.05, 4.69) is 67.8 Å². The summed E-state index contributed by atoms with van der Waals surface area (Å²) in [5, 5.41) is 87.2. The van der Waals surface area contributed by atoms with Crippen LogP contribution in [-0.2, 0) is 23.7 Å². The topological polar surface area (TPSA) is 228 Å². The van der Waals surface area contributed by atoms with Gasteiger partial charge in [0, 0.05) is 6.42 Å². The minimum Gasteiger partial charge on any atom is -0.394 e. The lowest BCUT2D eigenvalue weighted by Gasteiger charge is -2.46. The Labute approximate surface area is 536 Å². The Kier molecular flexibility index (Phi) is 54.4. The number of unbranched alkanes of at least 4 members (excludes halogenated alkanes) is 39. The molecule has 12 atom stereocenters. The van der Waals surface area contributed by atoms with Crippen LogP contribution in [0.25, 0.3) is 0 Å². The molecule has 12 unspecified atom stereocenters. The highest BCUT2D eigenvalue weighted by atomic mass is 16.7. The zero-order chi connectivity index (χ0) is 63.8. The normalized spacial score (nSPS) is 23.5. The number of carbonyl (C=O) groups excluding carboxylic acids is 1. The van der Waals surface area contributed by atoms with Gasteiger partial charge in [0.1, 0.15) is 48.8 Å². The maximum atomic E-state index is 13.3. The average Bonchev–Trinajstić information content (AvgIpc) is 2.28. The highest BCUT2D eigenvalue weighted by Crippen LogP contribution is 2.30. The molecule has 0 spiro atoms. The monoisotopic (exact) mass is 1250 g/mol. The molecule has 2 aliphatic heterocycles. The zero-order valence-corrected chi connectivity index (χ0v) is 56.0. The number of nitrogens with one attached hydrogen (secondary N) is 1. The fraction of sp³-hybridized carbons (Fsp3) is 0.851. The quantitative estimate of drug-likeness (QED) is 0.0204. The van der Waals surface area contributed by atoms with Crippen LogP contribution in [0.5, 0.6) is 0 Å². The number of hydrogen-bond donors (Lipinski definition) is 9. The number of aliphatic hydroxyl groups is 8. The summed E-state index contributed by atoms with van der Waals surface area (Å²) >= 11 is 0. The van der Waals surface area contributed by atoms with Crippen LogP contribution in [0.2, 0.25) is 0 Å². The summed E-state index contributed by atoms with van der Waals surface area (Å²) in [5.41, 5.74) is 0. The van der Waals surface area contributed by atoms with Crippen LogP contribution < -0.4 is 5.32 Å². The van der Waals surface area contributed by atoms with Gasteiger partial charge >= 0.3 is 0 Å². The number of hydrogen-bond acceptors (Lipinski definition) is 13. The molecule has 0 bridgehead atoms. The van der Waals surface area contributed by atoms with Gasteiger partial charge in [0.05, 0.1) is 32.0 Å². The molecule has 0 aromatic heterocycles. The third-order valence-corrected chi connectivity index (χ3v) is 17.7. The van der Waals surface area contributed by atoms with Crippen molar-refractivity contribution in [1.82, 2.24) is 5.32 Å². The number of allylic oxidation sites excluding steroid dienone is 9. The maximum Gasteiger partial charge on any atom is 0.220 e. The number of ether oxygens (including phenoxy) is 4. The van der Waals surface area contributed by atoms with E-state index in [4.69, 9.17) is 18.9 Å². The molecule has 0 aliphatic carbocycles. The first-order chi connectivity index (χ1) is 43.1. The summed E-state index contributed by atoms with van der Waals surface area (Å²) in [4.78, 5) is 13.3. The highest BCUT2D eigenvalue weighted by molar-refractivity contribution is 5.76. The molecule has 1 amide bonds. The van der Waals surface area contributed by atoms with Gasteiger partial charge in [0.15, 0.2) is 12.6 Å². The molecule has 2 saturated heterocycles. The van der Waals surface area contributed by atoms with Gasteiger partial charge in [-0.05, 0) is 77.0 Å². The van der Waals surface area contributed by atoms with Gasteiger partial charge in [-0.1, -0.05) is 286 Å². The molecule has 514 valence electrons. The van der Waals surface area contributed by atoms with Crippen LogP contribution >= 0.6 is 0 Å². The van der Waals surface area contributed by atoms with Gasteiger partial charge in [0.2, 0.25) is 5.91 Å². The molecule has 9 N–H and O–H groups in total. The maximum absolute atomic E-state index is 13.3. The minimum absolute atomic E-state index is 0.250. The Morgan fingerprint density at radius 3 is 1.20 bits per heavy atom. The Bertz CT molecular complexity index is 1710. The molecule has 2 fully saturated rings. The smallest absolute Gasteiger partial charge is 0.220 e. The number of aliphatic hydroxyl groups excluding tert-OH is 8. The first-order valence-electron chi connectivity index (χ1n) is 36.5. The van der Waals surface area contributed by atoms with Crippen molar-refractivity contribution in [3.63, 3.8) is 0 Å². The molecule has 2 rings (SSSR count). The van der Waals surface area contributed by atoms with Crippen molar-refractivity contribution in [3.8, 4) is 0 Å². The van der Waals surface area contributed by atoms with E-state index in [-0.39, 0.29) is 18.9 Å². The lowest BCUT2D eigenvalue weighted by atomic mass is 9.97. The fourth-order valence-electron chi connectivity index (χ4n) is 11.8. The van der Waals surface area contributed by atoms with E-state index in [0.29, 0.717) is 12.8 Å². The largest absolute Gasteiger partial charge is 0.394 e. The third-order valence-electron chi connectivity index (χ3n) is 17.7. The molecule has 14 heteroatoms. The van der Waals surface area contributed by atoms with Crippen LogP contribution in [0.4, 0.5) is 0 Å². The second-order valence-corrected chi connectivity index (χ2v) is 25.7. The summed E-state index contributed by atoms with van der Waals surface area (Å²) in [5.74, 6) is -0.250. The summed E-state index contributed by atoms with van der Waals surface area (Å²) in [6.45, 7) is 2.74. The Balaban J connectivity index is 1.53. The van der Waals surface area contributed by atoms with Gasteiger partial charge in [-0.15, -0.1) is 0 Å². The van der Waals surface area contributed by atoms with Crippen LogP contribution in [0.3, 0.4) is 0 Å². The van der Waals surface area contributed by atoms with Crippen LogP contribution in [-0.4, -0.2) is 140 Å². The van der Waals surface area contributed by atoms with Gasteiger partial charge < -0.3 is 65.1 Å². The van der Waals surface area contributed by atoms with Crippen molar-refractivity contribution >= 4 is 5.91 Å². The Morgan fingerprint density at radius 2 is 0.761 bits per heavy atom. The van der Waals surface area contributed by atoms with Crippen LogP contribution in [0.15, 0.2) is 60.8 Å². The minimum atomic E-state index is -1.79. The van der Waals surface area contributed by atoms with Crippen molar-refractivity contribution in [3.05, 3.63) is 60.8 Å². The van der Waals surface area contributed by atoms with E-state index in [1.165, 1.54) is 225 Å². The molecule has 0 aromatic carbocycles. The van der Waals surface area contributed by atoms with E-state index >= 15 is 0 Å². The lowest BCUT2D eigenvalue weighted by molar-refractivity contribution is -0.359. The zero-order valence-electron chi connectivity index (χ0n) is 56.0. The SMILES string of the molecule is CCCCC/C=C/CC/C=C/CC/C=C/C(O)C(COC1OC(CO)C(OC2OC(CO)C(O)C(O)C2O)C(O)C1O)NC(=O)CCCCCCCCCCCCCCCCCCCCCCCCCCCCCCC/C=C\C/C=C\CCCCCCC. The molecular formula is C74H135NO13. The molecule has 2 aliphatic rings. The van der Waals surface area contributed by atoms with E-state index in [0.717, 1.165) is 51.4 Å². The molecule has 0 radical (unpaired) electrons. The second kappa shape index (κ2) is 58.5. The second-order valence-electron chi connectivity index (χ2n) is 25.7. The molecule has 0 saturated carbocycles. The van der Waals surface area contributed by atoms with Crippen molar-refractivity contribution in [2.45, 2.75) is 383 Å². The first kappa shape index (κ1) is 81.8. The van der Waals surface area contributed by atoms with Gasteiger partial charge in [-0.3, -0.25) is 4.79 Å². The van der Waals surface area contributed by atoms with Gasteiger partial charge in [-0.2, -0.15) is 0 Å². The van der Waals surface area contributed by atoms with E-state index < -0.39 is 86.8 Å².